The second kappa shape index (κ2) is 7.50. The van der Waals surface area contributed by atoms with Gasteiger partial charge in [0.15, 0.2) is 0 Å². The summed E-state index contributed by atoms with van der Waals surface area (Å²) in [7, 11) is 0. The molecule has 0 aromatic carbocycles. The Hall–Kier alpha value is -0.260. The van der Waals surface area contributed by atoms with Crippen molar-refractivity contribution in [2.45, 2.75) is 85.0 Å². The third-order valence-electron chi connectivity index (χ3n) is 5.70. The zero-order valence-corrected chi connectivity index (χ0v) is 13.5. The van der Waals surface area contributed by atoms with Gasteiger partial charge in [-0.1, -0.05) is 64.5 Å². The molecule has 0 spiro atoms. The summed E-state index contributed by atoms with van der Waals surface area (Å²) in [6, 6.07) is 0. The highest BCUT2D eigenvalue weighted by Crippen LogP contribution is 2.40. The first-order chi connectivity index (χ1) is 9.22. The predicted molar refractivity (Wildman–Crippen MR) is 85.2 cm³/mol. The summed E-state index contributed by atoms with van der Waals surface area (Å²) in [5.74, 6) is 3.79. The van der Waals surface area contributed by atoms with Crippen molar-refractivity contribution in [2.24, 2.45) is 23.7 Å². The fourth-order valence-corrected chi connectivity index (χ4v) is 4.55. The van der Waals surface area contributed by atoms with E-state index >= 15 is 0 Å². The standard InChI is InChI=1S/C19H34/c1-4-8-19(15(2)3)18-13-11-17(12-14-18)16-9-6-5-7-10-16/h11,15-16,18-19H,4-10,12-14H2,1-3H3/t18-,19?/m1/s1. The Labute approximate surface area is 121 Å². The zero-order chi connectivity index (χ0) is 13.7. The normalized spacial score (nSPS) is 27.4. The van der Waals surface area contributed by atoms with Crippen LogP contribution in [0.15, 0.2) is 11.6 Å². The Kier molecular flexibility index (Phi) is 5.98. The van der Waals surface area contributed by atoms with Gasteiger partial charge in [0, 0.05) is 0 Å². The maximum absolute atomic E-state index is 2.66. The van der Waals surface area contributed by atoms with Crippen molar-refractivity contribution in [1.29, 1.82) is 0 Å². The van der Waals surface area contributed by atoms with E-state index in [4.69, 9.17) is 0 Å². The summed E-state index contributed by atoms with van der Waals surface area (Å²) in [6.07, 6.45) is 17.2. The number of hydrogen-bond donors (Lipinski definition) is 0. The van der Waals surface area contributed by atoms with E-state index in [1.54, 1.807) is 0 Å². The molecule has 0 bridgehead atoms. The van der Waals surface area contributed by atoms with E-state index in [-0.39, 0.29) is 0 Å². The molecule has 0 aliphatic heterocycles. The van der Waals surface area contributed by atoms with Crippen molar-refractivity contribution < 1.29 is 0 Å². The van der Waals surface area contributed by atoms with E-state index in [0.717, 1.165) is 23.7 Å². The molecule has 2 aliphatic rings. The van der Waals surface area contributed by atoms with Crippen LogP contribution in [0.25, 0.3) is 0 Å². The quantitative estimate of drug-likeness (QED) is 0.505. The lowest BCUT2D eigenvalue weighted by atomic mass is 9.71. The van der Waals surface area contributed by atoms with Gasteiger partial charge < -0.3 is 0 Å². The molecule has 0 nitrogen and oxygen atoms in total. The highest BCUT2D eigenvalue weighted by molar-refractivity contribution is 5.11. The number of allylic oxidation sites excluding steroid dienone is 2. The lowest BCUT2D eigenvalue weighted by Gasteiger charge is -2.35. The molecule has 1 unspecified atom stereocenters. The molecule has 1 saturated carbocycles. The maximum atomic E-state index is 2.66. The predicted octanol–water partition coefficient (Wildman–Crippen LogP) is 6.37. The van der Waals surface area contributed by atoms with Crippen LogP contribution in [0.2, 0.25) is 0 Å². The molecule has 110 valence electrons. The molecule has 19 heavy (non-hydrogen) atoms. The SMILES string of the molecule is CCCC(C(C)C)[C@@H]1CC=C(C2CCCCC2)CC1. The molecular weight excluding hydrogens is 228 g/mol. The summed E-state index contributed by atoms with van der Waals surface area (Å²) >= 11 is 0. The zero-order valence-electron chi connectivity index (χ0n) is 13.5. The number of rotatable bonds is 5. The third kappa shape index (κ3) is 4.10. The van der Waals surface area contributed by atoms with E-state index in [2.05, 4.69) is 26.8 Å². The second-order valence-electron chi connectivity index (χ2n) is 7.34. The molecule has 2 rings (SSSR count). The highest BCUT2D eigenvalue weighted by Gasteiger charge is 2.27. The molecule has 2 atom stereocenters. The van der Waals surface area contributed by atoms with Crippen molar-refractivity contribution in [3.63, 3.8) is 0 Å². The van der Waals surface area contributed by atoms with Crippen LogP contribution in [-0.4, -0.2) is 0 Å². The highest BCUT2D eigenvalue weighted by atomic mass is 14.3. The Morgan fingerprint density at radius 3 is 2.37 bits per heavy atom. The molecule has 0 heterocycles. The summed E-state index contributed by atoms with van der Waals surface area (Å²) in [6.45, 7) is 7.21. The van der Waals surface area contributed by atoms with Crippen LogP contribution in [-0.2, 0) is 0 Å². The Morgan fingerprint density at radius 1 is 1.11 bits per heavy atom. The molecule has 0 N–H and O–H groups in total. The Morgan fingerprint density at radius 2 is 1.84 bits per heavy atom. The summed E-state index contributed by atoms with van der Waals surface area (Å²) in [5, 5.41) is 0. The van der Waals surface area contributed by atoms with Gasteiger partial charge >= 0.3 is 0 Å². The molecule has 1 fully saturated rings. The van der Waals surface area contributed by atoms with Crippen molar-refractivity contribution >= 4 is 0 Å². The monoisotopic (exact) mass is 262 g/mol. The first-order valence-electron chi connectivity index (χ1n) is 8.91. The third-order valence-corrected chi connectivity index (χ3v) is 5.70. The fourth-order valence-electron chi connectivity index (χ4n) is 4.55. The molecule has 0 amide bonds. The Balaban J connectivity index is 1.90. The van der Waals surface area contributed by atoms with Crippen molar-refractivity contribution in [1.82, 2.24) is 0 Å². The molecule has 0 saturated heterocycles. The lowest BCUT2D eigenvalue weighted by molar-refractivity contribution is 0.214. The van der Waals surface area contributed by atoms with Crippen LogP contribution in [0.4, 0.5) is 0 Å². The molecule has 0 heteroatoms. The molecule has 0 aromatic heterocycles. The summed E-state index contributed by atoms with van der Waals surface area (Å²) in [4.78, 5) is 0. The summed E-state index contributed by atoms with van der Waals surface area (Å²) < 4.78 is 0. The van der Waals surface area contributed by atoms with Crippen LogP contribution < -0.4 is 0 Å². The molecule has 2 aliphatic carbocycles. The van der Waals surface area contributed by atoms with E-state index < -0.39 is 0 Å². The molecule has 0 radical (unpaired) electrons. The van der Waals surface area contributed by atoms with Gasteiger partial charge in [-0.15, -0.1) is 0 Å². The molecular formula is C19H34. The fraction of sp³-hybridized carbons (Fsp3) is 0.895. The van der Waals surface area contributed by atoms with Crippen LogP contribution in [0.1, 0.15) is 85.0 Å². The second-order valence-corrected chi connectivity index (χ2v) is 7.34. The minimum atomic E-state index is 0.870. The average molecular weight is 262 g/mol. The van der Waals surface area contributed by atoms with Crippen LogP contribution >= 0.6 is 0 Å². The Bertz CT molecular complexity index is 280. The van der Waals surface area contributed by atoms with E-state index in [9.17, 15) is 0 Å². The van der Waals surface area contributed by atoms with Gasteiger partial charge in [-0.3, -0.25) is 0 Å². The van der Waals surface area contributed by atoms with Gasteiger partial charge in [-0.05, 0) is 55.8 Å². The van der Waals surface area contributed by atoms with Gasteiger partial charge in [0.2, 0.25) is 0 Å². The van der Waals surface area contributed by atoms with Gasteiger partial charge in [-0.2, -0.15) is 0 Å². The lowest BCUT2D eigenvalue weighted by Crippen LogP contribution is -2.23. The maximum Gasteiger partial charge on any atom is -0.0203 e. The van der Waals surface area contributed by atoms with Gasteiger partial charge in [0.25, 0.3) is 0 Å². The van der Waals surface area contributed by atoms with Gasteiger partial charge in [0.1, 0.15) is 0 Å². The average Bonchev–Trinajstić information content (AvgIpc) is 2.46. The van der Waals surface area contributed by atoms with Gasteiger partial charge in [-0.25, -0.2) is 0 Å². The van der Waals surface area contributed by atoms with E-state index in [1.165, 1.54) is 64.2 Å². The minimum absolute atomic E-state index is 0.870. The smallest absolute Gasteiger partial charge is 0.0203 e. The van der Waals surface area contributed by atoms with Gasteiger partial charge in [0.05, 0.1) is 0 Å². The van der Waals surface area contributed by atoms with Crippen LogP contribution in [0.5, 0.6) is 0 Å². The minimum Gasteiger partial charge on any atom is -0.0848 e. The molecule has 0 aromatic rings. The van der Waals surface area contributed by atoms with Crippen molar-refractivity contribution in [3.8, 4) is 0 Å². The van der Waals surface area contributed by atoms with E-state index in [1.807, 2.05) is 5.57 Å². The van der Waals surface area contributed by atoms with Crippen molar-refractivity contribution in [2.75, 3.05) is 0 Å². The first-order valence-corrected chi connectivity index (χ1v) is 8.91. The number of hydrogen-bond acceptors (Lipinski definition) is 0. The van der Waals surface area contributed by atoms with Crippen LogP contribution in [0.3, 0.4) is 0 Å². The van der Waals surface area contributed by atoms with E-state index in [0.29, 0.717) is 0 Å². The van der Waals surface area contributed by atoms with Crippen LogP contribution in [0, 0.1) is 23.7 Å². The topological polar surface area (TPSA) is 0 Å². The summed E-state index contributed by atoms with van der Waals surface area (Å²) in [5.41, 5.74) is 1.84. The first kappa shape index (κ1) is 15.1. The van der Waals surface area contributed by atoms with Crippen molar-refractivity contribution in [3.05, 3.63) is 11.6 Å². The largest absolute Gasteiger partial charge is 0.0848 e.